The lowest BCUT2D eigenvalue weighted by Gasteiger charge is -2.36. The molecule has 0 aliphatic carbocycles. The Hall–Kier alpha value is -3.29. The highest BCUT2D eigenvalue weighted by molar-refractivity contribution is 5.84. The zero-order chi connectivity index (χ0) is 20.6. The summed E-state index contributed by atoms with van der Waals surface area (Å²) in [6, 6.07) is 13.2. The van der Waals surface area contributed by atoms with Crippen molar-refractivity contribution in [2.75, 3.05) is 44.7 Å². The summed E-state index contributed by atoms with van der Waals surface area (Å²) in [5.41, 5.74) is 1.79. The van der Waals surface area contributed by atoms with Gasteiger partial charge in [0.1, 0.15) is 11.6 Å². The van der Waals surface area contributed by atoms with Crippen molar-refractivity contribution in [3.8, 4) is 5.75 Å². The van der Waals surface area contributed by atoms with Gasteiger partial charge in [0.25, 0.3) is 0 Å². The number of piperazine rings is 1. The summed E-state index contributed by atoms with van der Waals surface area (Å²) < 4.78 is 18.3. The van der Waals surface area contributed by atoms with Gasteiger partial charge in [-0.25, -0.2) is 9.18 Å². The largest absolute Gasteiger partial charge is 0.495 e. The van der Waals surface area contributed by atoms with Crippen LogP contribution in [0, 0.1) is 5.82 Å². The van der Waals surface area contributed by atoms with E-state index in [9.17, 15) is 14.0 Å². The Morgan fingerprint density at radius 2 is 1.69 bits per heavy atom. The minimum absolute atomic E-state index is 0.0656. The van der Waals surface area contributed by atoms with Crippen LogP contribution in [0.5, 0.6) is 5.75 Å². The summed E-state index contributed by atoms with van der Waals surface area (Å²) in [4.78, 5) is 28.2. The van der Waals surface area contributed by atoms with Gasteiger partial charge in [0.05, 0.1) is 19.3 Å². The average molecular weight is 400 g/mol. The van der Waals surface area contributed by atoms with Gasteiger partial charge < -0.3 is 25.2 Å². The Morgan fingerprint density at radius 1 is 1.00 bits per heavy atom. The number of nitrogens with one attached hydrogen (secondary N) is 2. The molecular weight excluding hydrogens is 375 g/mol. The van der Waals surface area contributed by atoms with Crippen molar-refractivity contribution in [2.24, 2.45) is 0 Å². The topological polar surface area (TPSA) is 73.9 Å². The summed E-state index contributed by atoms with van der Waals surface area (Å²) in [5.74, 6) is 0.364. The maximum absolute atomic E-state index is 12.9. The zero-order valence-corrected chi connectivity index (χ0v) is 16.4. The second kappa shape index (κ2) is 9.77. The predicted octanol–water partition coefficient (Wildman–Crippen LogP) is 1.98. The number of anilines is 1. The number of halogens is 1. The molecule has 1 aliphatic rings. The van der Waals surface area contributed by atoms with Gasteiger partial charge in [-0.3, -0.25) is 4.79 Å². The maximum atomic E-state index is 12.9. The van der Waals surface area contributed by atoms with Gasteiger partial charge in [-0.05, 0) is 29.8 Å². The molecule has 29 heavy (non-hydrogen) atoms. The molecule has 0 spiro atoms. The number of nitrogens with zero attached hydrogens (tertiary/aromatic N) is 2. The Morgan fingerprint density at radius 3 is 2.38 bits per heavy atom. The van der Waals surface area contributed by atoms with E-state index in [-0.39, 0.29) is 24.8 Å². The van der Waals surface area contributed by atoms with Crippen LogP contribution in [0.15, 0.2) is 48.5 Å². The van der Waals surface area contributed by atoms with Crippen molar-refractivity contribution in [1.29, 1.82) is 0 Å². The van der Waals surface area contributed by atoms with Crippen molar-refractivity contribution >= 4 is 17.6 Å². The van der Waals surface area contributed by atoms with Gasteiger partial charge >= 0.3 is 6.03 Å². The molecule has 0 bridgehead atoms. The number of para-hydroxylation sites is 2. The molecule has 0 atom stereocenters. The monoisotopic (exact) mass is 400 g/mol. The van der Waals surface area contributed by atoms with Crippen LogP contribution in [0.25, 0.3) is 0 Å². The third-order valence-corrected chi connectivity index (χ3v) is 4.82. The smallest absolute Gasteiger partial charge is 0.315 e. The second-order valence-electron chi connectivity index (χ2n) is 6.70. The van der Waals surface area contributed by atoms with Crippen molar-refractivity contribution in [3.63, 3.8) is 0 Å². The fraction of sp³-hybridized carbons (Fsp3) is 0.333. The quantitative estimate of drug-likeness (QED) is 0.778. The fourth-order valence-corrected chi connectivity index (χ4v) is 3.20. The van der Waals surface area contributed by atoms with Gasteiger partial charge in [0.2, 0.25) is 5.91 Å². The Labute approximate surface area is 169 Å². The number of hydrogen-bond acceptors (Lipinski definition) is 4. The van der Waals surface area contributed by atoms with Crippen LogP contribution >= 0.6 is 0 Å². The normalized spacial score (nSPS) is 13.7. The van der Waals surface area contributed by atoms with E-state index >= 15 is 0 Å². The lowest BCUT2D eigenvalue weighted by Crippen LogP contribution is -2.52. The molecule has 0 aromatic heterocycles. The highest BCUT2D eigenvalue weighted by Gasteiger charge is 2.22. The summed E-state index contributed by atoms with van der Waals surface area (Å²) in [7, 11) is 1.64. The van der Waals surface area contributed by atoms with Gasteiger partial charge in [-0.15, -0.1) is 0 Å². The first kappa shape index (κ1) is 20.4. The molecular formula is C21H25FN4O3. The van der Waals surface area contributed by atoms with Crippen LogP contribution in [0.2, 0.25) is 0 Å². The van der Waals surface area contributed by atoms with Crippen LogP contribution in [0.4, 0.5) is 14.9 Å². The molecule has 1 aliphatic heterocycles. The third-order valence-electron chi connectivity index (χ3n) is 4.82. The Kier molecular flexibility index (Phi) is 6.89. The van der Waals surface area contributed by atoms with Gasteiger partial charge in [-0.2, -0.15) is 0 Å². The number of carbonyl (C=O) groups excluding carboxylic acids is 2. The van der Waals surface area contributed by atoms with Gasteiger partial charge in [0.15, 0.2) is 0 Å². The van der Waals surface area contributed by atoms with E-state index in [4.69, 9.17) is 4.74 Å². The Bertz CT molecular complexity index is 836. The minimum atomic E-state index is -0.435. The van der Waals surface area contributed by atoms with E-state index < -0.39 is 6.03 Å². The molecule has 0 saturated carbocycles. The van der Waals surface area contributed by atoms with Crippen LogP contribution in [0.3, 0.4) is 0 Å². The molecule has 2 aromatic carbocycles. The lowest BCUT2D eigenvalue weighted by atomic mass is 10.2. The SMILES string of the molecule is COc1ccccc1N1CCN(C(=O)CNC(=O)NCc2ccc(F)cc2)CC1. The molecule has 7 nitrogen and oxygen atoms in total. The minimum Gasteiger partial charge on any atom is -0.495 e. The molecule has 1 heterocycles. The molecule has 0 radical (unpaired) electrons. The molecule has 3 rings (SSSR count). The van der Waals surface area contributed by atoms with Crippen molar-refractivity contribution in [3.05, 3.63) is 59.9 Å². The number of hydrogen-bond donors (Lipinski definition) is 2. The van der Waals surface area contributed by atoms with Gasteiger partial charge in [0, 0.05) is 32.7 Å². The van der Waals surface area contributed by atoms with E-state index in [1.807, 2.05) is 24.3 Å². The molecule has 1 saturated heterocycles. The summed E-state index contributed by atoms with van der Waals surface area (Å²) >= 11 is 0. The van der Waals surface area contributed by atoms with E-state index in [1.54, 1.807) is 24.1 Å². The standard InChI is InChI=1S/C21H25FN4O3/c1-29-19-5-3-2-4-18(19)25-10-12-26(13-11-25)20(27)15-24-21(28)23-14-16-6-8-17(22)9-7-16/h2-9H,10-15H2,1H3,(H2,23,24,28). The van der Waals surface area contributed by atoms with Crippen molar-refractivity contribution in [1.82, 2.24) is 15.5 Å². The first-order valence-electron chi connectivity index (χ1n) is 9.48. The van der Waals surface area contributed by atoms with Gasteiger partial charge in [-0.1, -0.05) is 24.3 Å². The third kappa shape index (κ3) is 5.60. The molecule has 8 heteroatoms. The number of amides is 3. The number of ether oxygens (including phenoxy) is 1. The van der Waals surface area contributed by atoms with Crippen molar-refractivity contribution < 1.29 is 18.7 Å². The predicted molar refractivity (Wildman–Crippen MR) is 108 cm³/mol. The highest BCUT2D eigenvalue weighted by atomic mass is 19.1. The summed E-state index contributed by atoms with van der Waals surface area (Å²) in [6.45, 7) is 2.75. The van der Waals surface area contributed by atoms with E-state index in [0.29, 0.717) is 26.2 Å². The maximum Gasteiger partial charge on any atom is 0.315 e. The molecule has 2 N–H and O–H groups in total. The Balaban J connectivity index is 1.40. The van der Waals surface area contributed by atoms with Crippen LogP contribution in [-0.4, -0.2) is 56.7 Å². The van der Waals surface area contributed by atoms with Crippen LogP contribution in [0.1, 0.15) is 5.56 Å². The van der Waals surface area contributed by atoms with E-state index in [0.717, 1.165) is 17.0 Å². The van der Waals surface area contributed by atoms with E-state index in [1.165, 1.54) is 12.1 Å². The number of urea groups is 1. The molecule has 154 valence electrons. The number of carbonyl (C=O) groups is 2. The first-order valence-corrected chi connectivity index (χ1v) is 9.48. The first-order chi connectivity index (χ1) is 14.1. The number of benzene rings is 2. The average Bonchev–Trinajstić information content (AvgIpc) is 2.77. The lowest BCUT2D eigenvalue weighted by molar-refractivity contribution is -0.130. The van der Waals surface area contributed by atoms with E-state index in [2.05, 4.69) is 15.5 Å². The highest BCUT2D eigenvalue weighted by Crippen LogP contribution is 2.28. The van der Waals surface area contributed by atoms with Crippen LogP contribution < -0.4 is 20.3 Å². The molecule has 2 aromatic rings. The molecule has 1 fully saturated rings. The summed E-state index contributed by atoms with van der Waals surface area (Å²) in [6.07, 6.45) is 0. The van der Waals surface area contributed by atoms with Crippen molar-refractivity contribution in [2.45, 2.75) is 6.54 Å². The number of methoxy groups -OCH3 is 1. The molecule has 3 amide bonds. The zero-order valence-electron chi connectivity index (χ0n) is 16.4. The fourth-order valence-electron chi connectivity index (χ4n) is 3.20. The second-order valence-corrected chi connectivity index (χ2v) is 6.70. The van der Waals surface area contributed by atoms with Crippen LogP contribution in [-0.2, 0) is 11.3 Å². The summed E-state index contributed by atoms with van der Waals surface area (Å²) in [5, 5.41) is 5.23. The molecule has 0 unspecified atom stereocenters. The number of rotatable bonds is 6.